The lowest BCUT2D eigenvalue weighted by atomic mass is 10.4. The molecule has 1 heterocycles. The van der Waals surface area contributed by atoms with E-state index in [-0.39, 0.29) is 6.29 Å². The highest BCUT2D eigenvalue weighted by Crippen LogP contribution is 2.17. The Hall–Kier alpha value is -0.870. The number of nitrogens with zero attached hydrogens (tertiary/aromatic N) is 2. The van der Waals surface area contributed by atoms with E-state index in [0.717, 1.165) is 24.5 Å². The van der Waals surface area contributed by atoms with Crippen LogP contribution in [0.1, 0.15) is 31.7 Å². The molecule has 0 unspecified atom stereocenters. The summed E-state index contributed by atoms with van der Waals surface area (Å²) in [7, 11) is 3.24. The number of imidazole rings is 1. The van der Waals surface area contributed by atoms with Crippen LogP contribution in [0.4, 0.5) is 0 Å². The summed E-state index contributed by atoms with van der Waals surface area (Å²) < 4.78 is 12.4. The molecular formula is C10H18N2O2. The first-order chi connectivity index (χ1) is 6.76. The molecule has 0 aromatic carbocycles. The highest BCUT2D eigenvalue weighted by Gasteiger charge is 2.16. The molecule has 0 spiro atoms. The Labute approximate surface area is 84.9 Å². The van der Waals surface area contributed by atoms with Gasteiger partial charge < -0.3 is 14.0 Å². The lowest BCUT2D eigenvalue weighted by Crippen LogP contribution is -2.11. The average molecular weight is 198 g/mol. The van der Waals surface area contributed by atoms with Crippen LogP contribution in [0.3, 0.4) is 0 Å². The molecule has 80 valence electrons. The van der Waals surface area contributed by atoms with Gasteiger partial charge in [-0.2, -0.15) is 0 Å². The maximum atomic E-state index is 5.18. The van der Waals surface area contributed by atoms with Crippen molar-refractivity contribution in [3.8, 4) is 0 Å². The minimum absolute atomic E-state index is 0.366. The molecule has 0 bridgehead atoms. The second-order valence-electron chi connectivity index (χ2n) is 3.03. The molecule has 1 aromatic rings. The summed E-state index contributed by atoms with van der Waals surface area (Å²) in [5.41, 5.74) is 1.07. The molecule has 14 heavy (non-hydrogen) atoms. The van der Waals surface area contributed by atoms with Gasteiger partial charge in [-0.25, -0.2) is 4.98 Å². The summed E-state index contributed by atoms with van der Waals surface area (Å²) in [6, 6.07) is 0. The van der Waals surface area contributed by atoms with Gasteiger partial charge in [-0.3, -0.25) is 0 Å². The van der Waals surface area contributed by atoms with Crippen molar-refractivity contribution in [1.29, 1.82) is 0 Å². The summed E-state index contributed by atoms with van der Waals surface area (Å²) in [6.07, 6.45) is 2.61. The van der Waals surface area contributed by atoms with Crippen LogP contribution in [-0.2, 0) is 22.4 Å². The smallest absolute Gasteiger partial charge is 0.216 e. The van der Waals surface area contributed by atoms with Gasteiger partial charge in [0.25, 0.3) is 0 Å². The van der Waals surface area contributed by atoms with E-state index in [1.807, 2.05) is 6.20 Å². The lowest BCUT2D eigenvalue weighted by Gasteiger charge is -2.13. The Bertz CT molecular complexity index is 280. The molecule has 0 aliphatic rings. The van der Waals surface area contributed by atoms with E-state index in [0.29, 0.717) is 0 Å². The second kappa shape index (κ2) is 5.12. The fourth-order valence-electron chi connectivity index (χ4n) is 1.41. The van der Waals surface area contributed by atoms with Crippen molar-refractivity contribution in [3.63, 3.8) is 0 Å². The summed E-state index contributed by atoms with van der Waals surface area (Å²) in [5.74, 6) is 0.842. The third-order valence-electron chi connectivity index (χ3n) is 2.20. The number of methoxy groups -OCH3 is 2. The first kappa shape index (κ1) is 11.2. The Morgan fingerprint density at radius 3 is 2.43 bits per heavy atom. The van der Waals surface area contributed by atoms with Crippen molar-refractivity contribution >= 4 is 0 Å². The molecule has 0 saturated heterocycles. The van der Waals surface area contributed by atoms with Gasteiger partial charge >= 0.3 is 0 Å². The Morgan fingerprint density at radius 1 is 1.36 bits per heavy atom. The van der Waals surface area contributed by atoms with Crippen molar-refractivity contribution < 1.29 is 9.47 Å². The molecule has 4 nitrogen and oxygen atoms in total. The molecule has 0 saturated carbocycles. The van der Waals surface area contributed by atoms with Gasteiger partial charge in [0, 0.05) is 27.0 Å². The minimum Gasteiger partial charge on any atom is -0.349 e. The molecule has 0 amide bonds. The lowest BCUT2D eigenvalue weighted by molar-refractivity contribution is -0.113. The summed E-state index contributed by atoms with van der Waals surface area (Å²) in [4.78, 5) is 4.45. The van der Waals surface area contributed by atoms with Gasteiger partial charge in [0.2, 0.25) is 6.29 Å². The van der Waals surface area contributed by atoms with Gasteiger partial charge in [-0.05, 0) is 13.3 Å². The van der Waals surface area contributed by atoms with Crippen molar-refractivity contribution in [2.45, 2.75) is 33.1 Å². The van der Waals surface area contributed by atoms with Crippen LogP contribution in [0.15, 0.2) is 6.20 Å². The van der Waals surface area contributed by atoms with E-state index in [4.69, 9.17) is 9.47 Å². The predicted octanol–water partition coefficient (Wildman–Crippen LogP) is 1.76. The molecular weight excluding hydrogens is 180 g/mol. The maximum Gasteiger partial charge on any atom is 0.216 e. The highest BCUT2D eigenvalue weighted by atomic mass is 16.7. The van der Waals surface area contributed by atoms with Gasteiger partial charge in [0.1, 0.15) is 0 Å². The third kappa shape index (κ3) is 2.13. The molecule has 0 fully saturated rings. The summed E-state index contributed by atoms with van der Waals surface area (Å²) >= 11 is 0. The highest BCUT2D eigenvalue weighted by molar-refractivity contribution is 5.05. The van der Waals surface area contributed by atoms with Crippen molar-refractivity contribution in [2.24, 2.45) is 0 Å². The number of ether oxygens (including phenoxy) is 2. The molecule has 1 rings (SSSR count). The molecule has 0 aliphatic carbocycles. The molecule has 1 aromatic heterocycles. The number of rotatable bonds is 5. The first-order valence-electron chi connectivity index (χ1n) is 4.88. The zero-order valence-electron chi connectivity index (χ0n) is 9.28. The van der Waals surface area contributed by atoms with Crippen molar-refractivity contribution in [2.75, 3.05) is 14.2 Å². The molecule has 0 atom stereocenters. The van der Waals surface area contributed by atoms with Crippen LogP contribution < -0.4 is 0 Å². The Balaban J connectivity index is 2.98. The SMILES string of the molecule is CCc1cn(CC)c(C(OC)OC)n1. The fourth-order valence-corrected chi connectivity index (χ4v) is 1.41. The number of hydrogen-bond donors (Lipinski definition) is 0. The summed E-state index contributed by atoms with van der Waals surface area (Å²) in [5, 5.41) is 0. The van der Waals surface area contributed by atoms with Crippen LogP contribution >= 0.6 is 0 Å². The quantitative estimate of drug-likeness (QED) is 0.676. The van der Waals surface area contributed by atoms with Crippen LogP contribution in [0.25, 0.3) is 0 Å². The van der Waals surface area contributed by atoms with Crippen molar-refractivity contribution in [1.82, 2.24) is 9.55 Å². The zero-order valence-corrected chi connectivity index (χ0v) is 9.28. The monoisotopic (exact) mass is 198 g/mol. The largest absolute Gasteiger partial charge is 0.349 e. The van der Waals surface area contributed by atoms with Crippen LogP contribution in [0.2, 0.25) is 0 Å². The van der Waals surface area contributed by atoms with E-state index in [9.17, 15) is 0 Å². The predicted molar refractivity (Wildman–Crippen MR) is 54.0 cm³/mol. The van der Waals surface area contributed by atoms with Crippen LogP contribution in [0, 0.1) is 0 Å². The first-order valence-corrected chi connectivity index (χ1v) is 4.88. The van der Waals surface area contributed by atoms with E-state index in [1.54, 1.807) is 14.2 Å². The normalized spacial score (nSPS) is 11.2. The topological polar surface area (TPSA) is 36.3 Å². The molecule has 0 aliphatic heterocycles. The maximum absolute atomic E-state index is 5.18. The van der Waals surface area contributed by atoms with E-state index in [2.05, 4.69) is 23.4 Å². The number of aryl methyl sites for hydroxylation is 2. The van der Waals surface area contributed by atoms with E-state index in [1.165, 1.54) is 0 Å². The van der Waals surface area contributed by atoms with Crippen molar-refractivity contribution in [3.05, 3.63) is 17.7 Å². The van der Waals surface area contributed by atoms with E-state index >= 15 is 0 Å². The minimum atomic E-state index is -0.366. The van der Waals surface area contributed by atoms with Gasteiger partial charge in [-0.1, -0.05) is 6.92 Å². The van der Waals surface area contributed by atoms with Crippen LogP contribution in [-0.4, -0.2) is 23.8 Å². The second-order valence-corrected chi connectivity index (χ2v) is 3.03. The van der Waals surface area contributed by atoms with Gasteiger partial charge in [0.15, 0.2) is 5.82 Å². The van der Waals surface area contributed by atoms with Crippen LogP contribution in [0.5, 0.6) is 0 Å². The molecule has 0 radical (unpaired) electrons. The fraction of sp³-hybridized carbons (Fsp3) is 0.700. The molecule has 4 heteroatoms. The zero-order chi connectivity index (χ0) is 10.6. The Morgan fingerprint density at radius 2 is 2.00 bits per heavy atom. The summed E-state index contributed by atoms with van der Waals surface area (Å²) in [6.45, 7) is 5.04. The third-order valence-corrected chi connectivity index (χ3v) is 2.20. The Kier molecular flexibility index (Phi) is 4.10. The van der Waals surface area contributed by atoms with Gasteiger partial charge in [0.05, 0.1) is 5.69 Å². The molecule has 0 N–H and O–H groups in total. The standard InChI is InChI=1S/C10H18N2O2/c1-5-8-7-12(6-2)9(11-8)10(13-3)14-4/h7,10H,5-6H2,1-4H3. The number of aromatic nitrogens is 2. The number of hydrogen-bond acceptors (Lipinski definition) is 3. The van der Waals surface area contributed by atoms with Gasteiger partial charge in [-0.15, -0.1) is 0 Å². The van der Waals surface area contributed by atoms with E-state index < -0.39 is 0 Å². The average Bonchev–Trinajstić information content (AvgIpc) is 2.63.